The average molecular weight is 359 g/mol. The van der Waals surface area contributed by atoms with Crippen LogP contribution >= 0.6 is 0 Å². The largest absolute Gasteiger partial charge is 0.382 e. The Kier molecular flexibility index (Phi) is 5.32. The van der Waals surface area contributed by atoms with E-state index in [1.54, 1.807) is 12.1 Å². The second-order valence-electron chi connectivity index (χ2n) is 6.42. The zero-order chi connectivity index (χ0) is 18.7. The van der Waals surface area contributed by atoms with Crippen molar-refractivity contribution in [2.45, 2.75) is 32.6 Å². The number of benzene rings is 1. The van der Waals surface area contributed by atoms with Crippen molar-refractivity contribution >= 4 is 17.4 Å². The SMILES string of the molecule is CC1CN(c2ccc(CNC(=O)c3nccnc3N)cc2F)CC(C)O1. The molecule has 1 aliphatic rings. The van der Waals surface area contributed by atoms with Crippen molar-refractivity contribution < 1.29 is 13.9 Å². The number of aromatic nitrogens is 2. The maximum Gasteiger partial charge on any atom is 0.273 e. The zero-order valence-corrected chi connectivity index (χ0v) is 14.8. The summed E-state index contributed by atoms with van der Waals surface area (Å²) in [5, 5.41) is 2.67. The van der Waals surface area contributed by atoms with Gasteiger partial charge in [0.05, 0.1) is 17.9 Å². The van der Waals surface area contributed by atoms with Crippen LogP contribution < -0.4 is 16.0 Å². The molecule has 138 valence electrons. The van der Waals surface area contributed by atoms with Gasteiger partial charge in [-0.05, 0) is 31.5 Å². The molecule has 1 saturated heterocycles. The highest BCUT2D eigenvalue weighted by atomic mass is 19.1. The van der Waals surface area contributed by atoms with Crippen LogP contribution in [0.25, 0.3) is 0 Å². The second kappa shape index (κ2) is 7.65. The number of nitrogens with two attached hydrogens (primary N) is 1. The lowest BCUT2D eigenvalue weighted by Gasteiger charge is -2.37. The van der Waals surface area contributed by atoms with Crippen molar-refractivity contribution in [3.63, 3.8) is 0 Å². The number of nitrogen functional groups attached to an aromatic ring is 1. The van der Waals surface area contributed by atoms with Crippen molar-refractivity contribution in [2.24, 2.45) is 0 Å². The van der Waals surface area contributed by atoms with Crippen LogP contribution in [0.4, 0.5) is 15.9 Å². The molecule has 1 aromatic carbocycles. The summed E-state index contributed by atoms with van der Waals surface area (Å²) in [5.41, 5.74) is 6.88. The van der Waals surface area contributed by atoms with Gasteiger partial charge in [-0.1, -0.05) is 6.07 Å². The van der Waals surface area contributed by atoms with E-state index in [4.69, 9.17) is 10.5 Å². The van der Waals surface area contributed by atoms with Crippen molar-refractivity contribution in [1.82, 2.24) is 15.3 Å². The predicted octanol–water partition coefficient (Wildman–Crippen LogP) is 1.74. The lowest BCUT2D eigenvalue weighted by Crippen LogP contribution is -2.45. The summed E-state index contributed by atoms with van der Waals surface area (Å²) < 4.78 is 20.2. The predicted molar refractivity (Wildman–Crippen MR) is 96.2 cm³/mol. The number of morpholine rings is 1. The number of hydrogen-bond acceptors (Lipinski definition) is 6. The fourth-order valence-electron chi connectivity index (χ4n) is 3.08. The van der Waals surface area contributed by atoms with Gasteiger partial charge in [-0.15, -0.1) is 0 Å². The molecule has 0 aliphatic carbocycles. The number of rotatable bonds is 4. The van der Waals surface area contributed by atoms with Crippen LogP contribution in [0.1, 0.15) is 29.9 Å². The second-order valence-corrected chi connectivity index (χ2v) is 6.42. The number of halogens is 1. The molecule has 3 N–H and O–H groups in total. The Morgan fingerprint density at radius 2 is 2.00 bits per heavy atom. The van der Waals surface area contributed by atoms with Gasteiger partial charge in [0, 0.05) is 32.0 Å². The molecule has 2 aromatic rings. The fraction of sp³-hybridized carbons (Fsp3) is 0.389. The highest BCUT2D eigenvalue weighted by molar-refractivity contribution is 5.96. The first kappa shape index (κ1) is 18.1. The molecule has 0 radical (unpaired) electrons. The maximum atomic E-state index is 14.6. The minimum Gasteiger partial charge on any atom is -0.382 e. The van der Waals surface area contributed by atoms with Crippen LogP contribution in [0, 0.1) is 5.82 Å². The van der Waals surface area contributed by atoms with Gasteiger partial charge in [0.1, 0.15) is 5.82 Å². The molecule has 1 fully saturated rings. The molecule has 7 nitrogen and oxygen atoms in total. The number of carbonyl (C=O) groups is 1. The lowest BCUT2D eigenvalue weighted by molar-refractivity contribution is -0.00539. The number of carbonyl (C=O) groups excluding carboxylic acids is 1. The number of nitrogens with one attached hydrogen (secondary N) is 1. The van der Waals surface area contributed by atoms with Crippen molar-refractivity contribution in [1.29, 1.82) is 0 Å². The Bertz CT molecular complexity index is 791. The van der Waals surface area contributed by atoms with Gasteiger partial charge in [0.2, 0.25) is 0 Å². The van der Waals surface area contributed by atoms with E-state index >= 15 is 0 Å². The minimum atomic E-state index is -0.448. The molecule has 2 atom stereocenters. The van der Waals surface area contributed by atoms with Gasteiger partial charge >= 0.3 is 0 Å². The summed E-state index contributed by atoms with van der Waals surface area (Å²) in [6.07, 6.45) is 2.90. The molecule has 1 aromatic heterocycles. The third kappa shape index (κ3) is 4.08. The molecule has 3 rings (SSSR count). The Balaban J connectivity index is 1.66. The Morgan fingerprint density at radius 1 is 1.31 bits per heavy atom. The van der Waals surface area contributed by atoms with Crippen molar-refractivity contribution in [3.05, 3.63) is 47.7 Å². The number of ether oxygens (including phenoxy) is 1. The topological polar surface area (TPSA) is 93.4 Å². The first-order chi connectivity index (χ1) is 12.4. The van der Waals surface area contributed by atoms with Crippen LogP contribution in [0.2, 0.25) is 0 Å². The summed E-state index contributed by atoms with van der Waals surface area (Å²) >= 11 is 0. The lowest BCUT2D eigenvalue weighted by atomic mass is 10.1. The molecule has 8 heteroatoms. The first-order valence-electron chi connectivity index (χ1n) is 8.47. The quantitative estimate of drug-likeness (QED) is 0.864. The standard InChI is InChI=1S/C18H22FN5O2/c1-11-9-24(10-12(2)26-11)15-4-3-13(7-14(15)19)8-23-18(25)16-17(20)22-6-5-21-16/h3-7,11-12H,8-10H2,1-2H3,(H2,20,22)(H,23,25). The Morgan fingerprint density at radius 3 is 2.65 bits per heavy atom. The Labute approximate surface area is 151 Å². The number of amides is 1. The summed E-state index contributed by atoms with van der Waals surface area (Å²) in [5.74, 6) is -0.713. The maximum absolute atomic E-state index is 14.6. The number of nitrogens with zero attached hydrogens (tertiary/aromatic N) is 3. The van der Waals surface area contributed by atoms with Crippen molar-refractivity contribution in [2.75, 3.05) is 23.7 Å². The zero-order valence-electron chi connectivity index (χ0n) is 14.8. The summed E-state index contributed by atoms with van der Waals surface area (Å²) in [6, 6.07) is 4.96. The highest BCUT2D eigenvalue weighted by Crippen LogP contribution is 2.24. The van der Waals surface area contributed by atoms with E-state index in [0.29, 0.717) is 24.3 Å². The van der Waals surface area contributed by atoms with E-state index < -0.39 is 5.91 Å². The summed E-state index contributed by atoms with van der Waals surface area (Å²) in [4.78, 5) is 21.8. The van der Waals surface area contributed by atoms with E-state index in [9.17, 15) is 9.18 Å². The smallest absolute Gasteiger partial charge is 0.273 e. The van der Waals surface area contributed by atoms with E-state index in [-0.39, 0.29) is 36.1 Å². The monoisotopic (exact) mass is 359 g/mol. The van der Waals surface area contributed by atoms with Crippen LogP contribution in [0.3, 0.4) is 0 Å². The van der Waals surface area contributed by atoms with Crippen LogP contribution in [0.5, 0.6) is 0 Å². The molecule has 0 saturated carbocycles. The molecular formula is C18H22FN5O2. The normalized spacial score (nSPS) is 20.0. The Hall–Kier alpha value is -2.74. The number of anilines is 2. The first-order valence-corrected chi connectivity index (χ1v) is 8.47. The highest BCUT2D eigenvalue weighted by Gasteiger charge is 2.24. The molecule has 26 heavy (non-hydrogen) atoms. The summed E-state index contributed by atoms with van der Waals surface area (Å²) in [6.45, 7) is 5.40. The molecular weight excluding hydrogens is 337 g/mol. The van der Waals surface area contributed by atoms with Gasteiger partial charge in [-0.3, -0.25) is 4.79 Å². The molecule has 2 unspecified atom stereocenters. The molecule has 1 amide bonds. The molecule has 0 bridgehead atoms. The van der Waals surface area contributed by atoms with Gasteiger partial charge < -0.3 is 20.7 Å². The van der Waals surface area contributed by atoms with E-state index in [2.05, 4.69) is 15.3 Å². The molecule has 2 heterocycles. The van der Waals surface area contributed by atoms with E-state index in [1.165, 1.54) is 18.5 Å². The van der Waals surface area contributed by atoms with Gasteiger partial charge in [-0.25, -0.2) is 14.4 Å². The third-order valence-corrected chi connectivity index (χ3v) is 4.17. The van der Waals surface area contributed by atoms with Gasteiger partial charge in [0.15, 0.2) is 11.5 Å². The van der Waals surface area contributed by atoms with Crippen LogP contribution in [0.15, 0.2) is 30.6 Å². The van der Waals surface area contributed by atoms with Gasteiger partial charge in [0.25, 0.3) is 5.91 Å². The molecule has 1 aliphatic heterocycles. The summed E-state index contributed by atoms with van der Waals surface area (Å²) in [7, 11) is 0. The molecule has 0 spiro atoms. The van der Waals surface area contributed by atoms with Gasteiger partial charge in [-0.2, -0.15) is 0 Å². The average Bonchev–Trinajstić information content (AvgIpc) is 2.59. The van der Waals surface area contributed by atoms with E-state index in [1.807, 2.05) is 18.7 Å². The number of hydrogen-bond donors (Lipinski definition) is 2. The van der Waals surface area contributed by atoms with Crippen molar-refractivity contribution in [3.8, 4) is 0 Å². The van der Waals surface area contributed by atoms with Crippen LogP contribution in [-0.2, 0) is 11.3 Å². The fourth-order valence-corrected chi connectivity index (χ4v) is 3.08. The van der Waals surface area contributed by atoms with E-state index in [0.717, 1.165) is 0 Å². The third-order valence-electron chi connectivity index (χ3n) is 4.17. The minimum absolute atomic E-state index is 0.0505. The van der Waals surface area contributed by atoms with Crippen LogP contribution in [-0.4, -0.2) is 41.2 Å².